The number of carbonyl (C=O) groups excluding carboxylic acids is 1. The van der Waals surface area contributed by atoms with Crippen LogP contribution in [0.3, 0.4) is 0 Å². The molecular weight excluding hydrogens is 288 g/mol. The summed E-state index contributed by atoms with van der Waals surface area (Å²) < 4.78 is 0. The number of aliphatic hydroxyl groups excluding tert-OH is 2. The van der Waals surface area contributed by atoms with Crippen molar-refractivity contribution < 1.29 is 15.0 Å². The van der Waals surface area contributed by atoms with Crippen LogP contribution in [0.25, 0.3) is 0 Å². The van der Waals surface area contributed by atoms with Crippen molar-refractivity contribution >= 4 is 5.78 Å². The molecule has 3 fully saturated rings. The quantitative estimate of drug-likeness (QED) is 0.721. The zero-order valence-electron chi connectivity index (χ0n) is 14.6. The molecule has 0 bridgehead atoms. The normalized spacial score (nSPS) is 55.7. The van der Waals surface area contributed by atoms with Gasteiger partial charge in [0.1, 0.15) is 0 Å². The van der Waals surface area contributed by atoms with Crippen molar-refractivity contribution in [2.24, 2.45) is 34.5 Å². The van der Waals surface area contributed by atoms with Crippen molar-refractivity contribution in [2.45, 2.75) is 71.5 Å². The monoisotopic (exact) mass is 318 g/mol. The predicted octanol–water partition coefficient (Wildman–Crippen LogP) is 3.10. The number of carbonyl (C=O) groups is 1. The van der Waals surface area contributed by atoms with Gasteiger partial charge in [0.15, 0.2) is 5.78 Å². The molecule has 128 valence electrons. The number of allylic oxidation sites excluding steroid dienone is 1. The molecule has 23 heavy (non-hydrogen) atoms. The summed E-state index contributed by atoms with van der Waals surface area (Å²) in [5.74, 6) is 1.96. The van der Waals surface area contributed by atoms with E-state index >= 15 is 0 Å². The van der Waals surface area contributed by atoms with Gasteiger partial charge in [-0.25, -0.2) is 0 Å². The fourth-order valence-electron chi connectivity index (χ4n) is 6.98. The van der Waals surface area contributed by atoms with Gasteiger partial charge in [-0.1, -0.05) is 26.3 Å². The second-order valence-corrected chi connectivity index (χ2v) is 9.31. The minimum Gasteiger partial charge on any atom is -0.393 e. The van der Waals surface area contributed by atoms with Gasteiger partial charge >= 0.3 is 0 Å². The number of fused-ring (bicyclic) bond motifs is 5. The smallest absolute Gasteiger partial charge is 0.155 e. The van der Waals surface area contributed by atoms with E-state index in [1.807, 2.05) is 6.08 Å². The summed E-state index contributed by atoms with van der Waals surface area (Å²) in [6, 6.07) is 0. The third kappa shape index (κ3) is 1.99. The van der Waals surface area contributed by atoms with Crippen LogP contribution in [-0.2, 0) is 4.79 Å². The molecule has 4 aliphatic rings. The lowest BCUT2D eigenvalue weighted by molar-refractivity contribution is -0.155. The van der Waals surface area contributed by atoms with E-state index in [0.29, 0.717) is 30.6 Å². The molecule has 0 saturated heterocycles. The molecule has 4 aliphatic carbocycles. The van der Waals surface area contributed by atoms with E-state index in [-0.39, 0.29) is 34.7 Å². The third-order valence-electron chi connectivity index (χ3n) is 8.20. The summed E-state index contributed by atoms with van der Waals surface area (Å²) in [5, 5.41) is 21.6. The van der Waals surface area contributed by atoms with E-state index in [4.69, 9.17) is 0 Å². The second-order valence-electron chi connectivity index (χ2n) is 9.31. The molecule has 2 N–H and O–H groups in total. The maximum Gasteiger partial charge on any atom is 0.155 e. The number of aliphatic hydroxyl groups is 2. The SMILES string of the molecule is C[C@@H]1CC2=CC(=O)CC[C@]2(C)[C@H]2C(O)C[C@]3(C)[C@@H](O)CC[C@H]3[C@H]12. The highest BCUT2D eigenvalue weighted by atomic mass is 16.3. The summed E-state index contributed by atoms with van der Waals surface area (Å²) in [6.07, 6.45) is 6.42. The minimum atomic E-state index is -0.363. The molecule has 3 nitrogen and oxygen atoms in total. The van der Waals surface area contributed by atoms with Crippen LogP contribution in [0.2, 0.25) is 0 Å². The van der Waals surface area contributed by atoms with Crippen LogP contribution in [0.4, 0.5) is 0 Å². The molecule has 0 spiro atoms. The molecule has 1 unspecified atom stereocenters. The summed E-state index contributed by atoms with van der Waals surface area (Å²) in [5.41, 5.74) is 1.12. The Bertz CT molecular complexity index is 567. The van der Waals surface area contributed by atoms with Crippen molar-refractivity contribution in [3.8, 4) is 0 Å². The van der Waals surface area contributed by atoms with Crippen molar-refractivity contribution in [1.82, 2.24) is 0 Å². The Morgan fingerprint density at radius 2 is 1.96 bits per heavy atom. The van der Waals surface area contributed by atoms with Crippen LogP contribution in [0.15, 0.2) is 11.6 Å². The van der Waals surface area contributed by atoms with Gasteiger partial charge in [-0.05, 0) is 72.7 Å². The molecular formula is C20H30O3. The summed E-state index contributed by atoms with van der Waals surface area (Å²) in [7, 11) is 0. The van der Waals surface area contributed by atoms with Crippen molar-refractivity contribution in [1.29, 1.82) is 0 Å². The lowest BCUT2D eigenvalue weighted by Gasteiger charge is -2.61. The van der Waals surface area contributed by atoms with E-state index < -0.39 is 0 Å². The Hall–Kier alpha value is -0.670. The van der Waals surface area contributed by atoms with Crippen LogP contribution < -0.4 is 0 Å². The van der Waals surface area contributed by atoms with Crippen LogP contribution in [0, 0.1) is 34.5 Å². The molecule has 0 aromatic heterocycles. The highest BCUT2D eigenvalue weighted by Gasteiger charge is 2.63. The summed E-state index contributed by atoms with van der Waals surface area (Å²) in [4.78, 5) is 11.9. The number of hydrogen-bond acceptors (Lipinski definition) is 3. The number of ketones is 1. The first-order valence-electron chi connectivity index (χ1n) is 9.37. The van der Waals surface area contributed by atoms with Gasteiger partial charge in [-0.3, -0.25) is 4.79 Å². The fraction of sp³-hybridized carbons (Fsp3) is 0.850. The molecule has 0 aromatic rings. The van der Waals surface area contributed by atoms with Crippen LogP contribution in [0.1, 0.15) is 59.3 Å². The second kappa shape index (κ2) is 4.92. The molecule has 0 amide bonds. The van der Waals surface area contributed by atoms with Gasteiger partial charge in [0.25, 0.3) is 0 Å². The molecule has 3 saturated carbocycles. The maximum absolute atomic E-state index is 11.9. The van der Waals surface area contributed by atoms with Crippen LogP contribution in [-0.4, -0.2) is 28.2 Å². The molecule has 0 heterocycles. The zero-order chi connectivity index (χ0) is 16.6. The average Bonchev–Trinajstić information content (AvgIpc) is 2.76. The molecule has 0 aliphatic heterocycles. The van der Waals surface area contributed by atoms with Gasteiger partial charge < -0.3 is 10.2 Å². The van der Waals surface area contributed by atoms with Gasteiger partial charge in [0.2, 0.25) is 0 Å². The first-order chi connectivity index (χ1) is 10.8. The molecule has 4 rings (SSSR count). The Balaban J connectivity index is 1.79. The summed E-state index contributed by atoms with van der Waals surface area (Å²) >= 11 is 0. The van der Waals surface area contributed by atoms with E-state index in [9.17, 15) is 15.0 Å². The maximum atomic E-state index is 11.9. The van der Waals surface area contributed by atoms with Crippen molar-refractivity contribution in [2.75, 3.05) is 0 Å². The lowest BCUT2D eigenvalue weighted by atomic mass is 9.44. The van der Waals surface area contributed by atoms with Gasteiger partial charge in [-0.15, -0.1) is 0 Å². The Kier molecular flexibility index (Phi) is 3.39. The zero-order valence-corrected chi connectivity index (χ0v) is 14.6. The Morgan fingerprint density at radius 3 is 2.70 bits per heavy atom. The van der Waals surface area contributed by atoms with E-state index in [2.05, 4.69) is 20.8 Å². The first-order valence-corrected chi connectivity index (χ1v) is 9.37. The van der Waals surface area contributed by atoms with E-state index in [1.165, 1.54) is 5.57 Å². The van der Waals surface area contributed by atoms with Gasteiger partial charge in [-0.2, -0.15) is 0 Å². The first kappa shape index (κ1) is 15.8. The highest BCUT2D eigenvalue weighted by molar-refractivity contribution is 5.91. The Labute approximate surface area is 139 Å². The molecule has 0 aromatic carbocycles. The molecule has 3 heteroatoms. The van der Waals surface area contributed by atoms with Crippen molar-refractivity contribution in [3.63, 3.8) is 0 Å². The predicted molar refractivity (Wildman–Crippen MR) is 88.7 cm³/mol. The average molecular weight is 318 g/mol. The lowest BCUT2D eigenvalue weighted by Crippen LogP contribution is -2.59. The van der Waals surface area contributed by atoms with Gasteiger partial charge in [0, 0.05) is 6.42 Å². The molecule has 0 radical (unpaired) electrons. The largest absolute Gasteiger partial charge is 0.393 e. The Morgan fingerprint density at radius 1 is 1.22 bits per heavy atom. The standard InChI is InChI=1S/C20H30O3/c1-11-8-12-9-13(21)6-7-19(12,2)18-15(22)10-20(3)14(17(11)18)4-5-16(20)23/h9,11,14-18,22-23H,4-8,10H2,1-3H3/t11-,14+,15?,16+,17+,18+,19+,20+/m1/s1. The number of hydrogen-bond donors (Lipinski definition) is 2. The molecule has 8 atom stereocenters. The minimum absolute atomic E-state index is 0.0284. The van der Waals surface area contributed by atoms with Crippen LogP contribution in [0.5, 0.6) is 0 Å². The topological polar surface area (TPSA) is 57.5 Å². The highest BCUT2D eigenvalue weighted by Crippen LogP contribution is 2.66. The number of rotatable bonds is 0. The van der Waals surface area contributed by atoms with Gasteiger partial charge in [0.05, 0.1) is 12.2 Å². The van der Waals surface area contributed by atoms with Crippen LogP contribution >= 0.6 is 0 Å². The third-order valence-corrected chi connectivity index (χ3v) is 8.20. The fourth-order valence-corrected chi connectivity index (χ4v) is 6.98. The summed E-state index contributed by atoms with van der Waals surface area (Å²) in [6.45, 7) is 6.77. The van der Waals surface area contributed by atoms with Crippen molar-refractivity contribution in [3.05, 3.63) is 11.6 Å². The van der Waals surface area contributed by atoms with E-state index in [1.54, 1.807) is 0 Å². The van der Waals surface area contributed by atoms with E-state index in [0.717, 1.165) is 25.7 Å².